The number of hydrogen-bond acceptors (Lipinski definition) is 5. The Bertz CT molecular complexity index is 1960. The molecule has 8 heteroatoms. The van der Waals surface area contributed by atoms with E-state index in [2.05, 4.69) is 72.4 Å². The van der Waals surface area contributed by atoms with Crippen molar-refractivity contribution in [1.29, 1.82) is 0 Å². The summed E-state index contributed by atoms with van der Waals surface area (Å²) in [6.45, 7) is 0. The van der Waals surface area contributed by atoms with E-state index in [0.717, 1.165) is 44.3 Å². The van der Waals surface area contributed by atoms with Gasteiger partial charge in [-0.05, 0) is 47.0 Å². The summed E-state index contributed by atoms with van der Waals surface area (Å²) in [7, 11) is 0. The minimum absolute atomic E-state index is 0.101. The van der Waals surface area contributed by atoms with Gasteiger partial charge in [-0.1, -0.05) is 88.7 Å². The Hall–Kier alpha value is -4.82. The summed E-state index contributed by atoms with van der Waals surface area (Å²) >= 11 is 3.48. The highest BCUT2D eigenvalue weighted by Crippen LogP contribution is 2.36. The number of hydrogen-bond donors (Lipinski definition) is 1. The first kappa shape index (κ1) is 24.2. The summed E-state index contributed by atoms with van der Waals surface area (Å²) in [5.41, 5.74) is 6.92. The summed E-state index contributed by atoms with van der Waals surface area (Å²) < 4.78 is 2.18. The van der Waals surface area contributed by atoms with Gasteiger partial charge in [0.25, 0.3) is 5.56 Å². The van der Waals surface area contributed by atoms with Crippen LogP contribution in [0.1, 0.15) is 29.2 Å². The molecule has 1 N–H and O–H groups in total. The van der Waals surface area contributed by atoms with Gasteiger partial charge < -0.3 is 4.98 Å². The van der Waals surface area contributed by atoms with E-state index in [9.17, 15) is 4.79 Å². The van der Waals surface area contributed by atoms with Gasteiger partial charge in [0.1, 0.15) is 17.4 Å². The Labute approximate surface area is 238 Å². The molecule has 2 aromatic heterocycles. The van der Waals surface area contributed by atoms with Crippen LogP contribution in [0.5, 0.6) is 0 Å². The molecule has 0 fully saturated rings. The second kappa shape index (κ2) is 10.1. The summed E-state index contributed by atoms with van der Waals surface area (Å²) in [5, 5.41) is 12.4. The van der Waals surface area contributed by atoms with Crippen molar-refractivity contribution in [3.8, 4) is 0 Å². The zero-order valence-electron chi connectivity index (χ0n) is 21.3. The van der Waals surface area contributed by atoms with Crippen LogP contribution in [0.4, 0.5) is 5.69 Å². The molecule has 4 aromatic carbocycles. The minimum atomic E-state index is -0.254. The Kier molecular flexibility index (Phi) is 6.09. The third kappa shape index (κ3) is 4.42. The van der Waals surface area contributed by atoms with Crippen LogP contribution in [0.3, 0.4) is 0 Å². The normalized spacial score (nSPS) is 15.4. The molecule has 6 aromatic rings. The molecule has 1 atom stereocenters. The number of nitrogens with one attached hydrogen (secondary N) is 1. The first-order valence-corrected chi connectivity index (χ1v) is 13.7. The molecule has 1 aliphatic heterocycles. The van der Waals surface area contributed by atoms with Crippen molar-refractivity contribution in [2.75, 3.05) is 5.01 Å². The molecule has 0 amide bonds. The average Bonchev–Trinajstić information content (AvgIpc) is 3.61. The SMILES string of the molecule is O=c1c2[nH]c3ccc(Br)cc3c2ncn1/N=C\c1ccc(N2N=C(c3ccccc3)C[C@H]2c2ccccc2)cc1. The number of anilines is 1. The van der Waals surface area contributed by atoms with Gasteiger partial charge in [0.05, 0.1) is 23.7 Å². The number of fused-ring (bicyclic) bond motifs is 3. The Balaban J connectivity index is 1.18. The van der Waals surface area contributed by atoms with Gasteiger partial charge in [0.2, 0.25) is 0 Å². The lowest BCUT2D eigenvalue weighted by atomic mass is 9.98. The molecular weight excluding hydrogens is 564 g/mol. The number of halogens is 1. The maximum atomic E-state index is 13.1. The van der Waals surface area contributed by atoms with Gasteiger partial charge in [-0.3, -0.25) is 9.80 Å². The average molecular weight is 587 g/mol. The number of rotatable bonds is 5. The second-order valence-corrected chi connectivity index (χ2v) is 10.6. The van der Waals surface area contributed by atoms with Gasteiger partial charge in [-0.15, -0.1) is 0 Å². The lowest BCUT2D eigenvalue weighted by Gasteiger charge is -2.24. The van der Waals surface area contributed by atoms with E-state index in [1.54, 1.807) is 6.21 Å². The summed E-state index contributed by atoms with van der Waals surface area (Å²) in [6.07, 6.45) is 3.94. The van der Waals surface area contributed by atoms with E-state index in [1.807, 2.05) is 66.7 Å². The first-order valence-electron chi connectivity index (χ1n) is 12.9. The van der Waals surface area contributed by atoms with Crippen LogP contribution in [0.15, 0.2) is 129 Å². The van der Waals surface area contributed by atoms with Crippen LogP contribution in [0.2, 0.25) is 0 Å². The summed E-state index contributed by atoms with van der Waals surface area (Å²) in [5.74, 6) is 0. The lowest BCUT2D eigenvalue weighted by Crippen LogP contribution is -2.18. The molecular formula is C32H23BrN6O. The Morgan fingerprint density at radius 1 is 0.925 bits per heavy atom. The molecule has 7 rings (SSSR count). The molecule has 0 unspecified atom stereocenters. The third-order valence-corrected chi connectivity index (χ3v) is 7.64. The van der Waals surface area contributed by atoms with E-state index in [1.165, 1.54) is 16.6 Å². The molecule has 0 radical (unpaired) electrons. The first-order chi connectivity index (χ1) is 19.6. The van der Waals surface area contributed by atoms with Crippen molar-refractivity contribution in [1.82, 2.24) is 14.6 Å². The molecule has 7 nitrogen and oxygen atoms in total. The van der Waals surface area contributed by atoms with Crippen LogP contribution in [-0.2, 0) is 0 Å². The van der Waals surface area contributed by atoms with E-state index in [4.69, 9.17) is 5.10 Å². The fraction of sp³-hybridized carbons (Fsp3) is 0.0625. The van der Waals surface area contributed by atoms with Crippen molar-refractivity contribution in [3.05, 3.63) is 141 Å². The largest absolute Gasteiger partial charge is 0.349 e. The molecule has 0 aliphatic carbocycles. The van der Waals surface area contributed by atoms with Gasteiger partial charge in [0, 0.05) is 21.8 Å². The number of nitrogens with zero attached hydrogens (tertiary/aromatic N) is 5. The summed E-state index contributed by atoms with van der Waals surface area (Å²) in [4.78, 5) is 20.8. The van der Waals surface area contributed by atoms with Crippen LogP contribution in [0, 0.1) is 0 Å². The molecule has 40 heavy (non-hydrogen) atoms. The topological polar surface area (TPSA) is 78.6 Å². The van der Waals surface area contributed by atoms with Gasteiger partial charge in [-0.2, -0.15) is 14.9 Å². The summed E-state index contributed by atoms with van der Waals surface area (Å²) in [6, 6.07) is 34.7. The zero-order chi connectivity index (χ0) is 27.1. The van der Waals surface area contributed by atoms with Crippen molar-refractivity contribution in [3.63, 3.8) is 0 Å². The molecule has 0 bridgehead atoms. The smallest absolute Gasteiger partial charge is 0.298 e. The quantitative estimate of drug-likeness (QED) is 0.224. The van der Waals surface area contributed by atoms with Crippen molar-refractivity contribution < 1.29 is 0 Å². The number of hydrazone groups is 1. The Morgan fingerprint density at radius 3 is 2.45 bits per heavy atom. The highest BCUT2D eigenvalue weighted by atomic mass is 79.9. The standard InChI is InChI=1S/C32H23BrN6O/c33-24-13-16-27-26(17-24)30-31(36-27)32(40)38(20-34-30)35-19-21-11-14-25(15-12-21)39-29(23-9-5-2-6-10-23)18-28(37-39)22-7-3-1-4-8-22/h1-17,19-20,29,36H,18H2/b35-19-/t29-/m0/s1. The van der Waals surface area contributed by atoms with Gasteiger partial charge in [-0.25, -0.2) is 4.98 Å². The van der Waals surface area contributed by atoms with Crippen LogP contribution >= 0.6 is 15.9 Å². The molecule has 0 saturated carbocycles. The Morgan fingerprint density at radius 2 is 1.68 bits per heavy atom. The van der Waals surface area contributed by atoms with Gasteiger partial charge >= 0.3 is 0 Å². The van der Waals surface area contributed by atoms with E-state index in [-0.39, 0.29) is 11.6 Å². The number of benzene rings is 4. The van der Waals surface area contributed by atoms with Gasteiger partial charge in [0.15, 0.2) is 0 Å². The minimum Gasteiger partial charge on any atom is -0.349 e. The van der Waals surface area contributed by atoms with Crippen LogP contribution < -0.4 is 10.6 Å². The number of aromatic amines is 1. The maximum absolute atomic E-state index is 13.1. The monoisotopic (exact) mass is 586 g/mol. The third-order valence-electron chi connectivity index (χ3n) is 7.14. The molecule has 194 valence electrons. The maximum Gasteiger partial charge on any atom is 0.298 e. The molecule has 0 saturated heterocycles. The van der Waals surface area contributed by atoms with E-state index >= 15 is 0 Å². The highest BCUT2D eigenvalue weighted by Gasteiger charge is 2.29. The number of aromatic nitrogens is 3. The molecule has 3 heterocycles. The van der Waals surface area contributed by atoms with Crippen molar-refractivity contribution in [2.24, 2.45) is 10.2 Å². The predicted molar refractivity (Wildman–Crippen MR) is 164 cm³/mol. The second-order valence-electron chi connectivity index (χ2n) is 9.66. The van der Waals surface area contributed by atoms with Crippen molar-refractivity contribution >= 4 is 55.5 Å². The zero-order valence-corrected chi connectivity index (χ0v) is 22.9. The fourth-order valence-electron chi connectivity index (χ4n) is 5.13. The molecule has 0 spiro atoms. The highest BCUT2D eigenvalue weighted by molar-refractivity contribution is 9.10. The van der Waals surface area contributed by atoms with Crippen molar-refractivity contribution in [2.45, 2.75) is 12.5 Å². The van der Waals surface area contributed by atoms with Crippen LogP contribution in [-0.4, -0.2) is 26.6 Å². The van der Waals surface area contributed by atoms with E-state index in [0.29, 0.717) is 11.0 Å². The molecule has 1 aliphatic rings. The van der Waals surface area contributed by atoms with E-state index < -0.39 is 0 Å². The lowest BCUT2D eigenvalue weighted by molar-refractivity contribution is 0.709. The van der Waals surface area contributed by atoms with Crippen LogP contribution in [0.25, 0.3) is 21.9 Å². The number of H-pyrrole nitrogens is 1. The fourth-order valence-corrected chi connectivity index (χ4v) is 5.49. The predicted octanol–water partition coefficient (Wildman–Crippen LogP) is 6.88.